The average molecular weight is 673 g/mol. The highest BCUT2D eigenvalue weighted by Gasteiger charge is 2.15. The molecule has 7 aromatic rings. The van der Waals surface area contributed by atoms with Gasteiger partial charge in [0.2, 0.25) is 0 Å². The first-order valence-electron chi connectivity index (χ1n) is 18.2. The lowest BCUT2D eigenvalue weighted by molar-refractivity contribution is 0.607. The van der Waals surface area contributed by atoms with Gasteiger partial charge in [0.05, 0.1) is 9.40 Å². The summed E-state index contributed by atoms with van der Waals surface area (Å²) in [6.45, 7) is 4.58. The fourth-order valence-electron chi connectivity index (χ4n) is 7.05. The maximum Gasteiger partial charge on any atom is 0.0636 e. The van der Waals surface area contributed by atoms with Crippen LogP contribution in [0.2, 0.25) is 0 Å². The van der Waals surface area contributed by atoms with Gasteiger partial charge in [-0.25, -0.2) is 0 Å². The summed E-state index contributed by atoms with van der Waals surface area (Å²) in [5.41, 5.74) is 5.63. The molecular formula is C44H48S3. The number of fused-ring (bicyclic) bond motifs is 5. The second-order valence-corrected chi connectivity index (χ2v) is 16.7. The van der Waals surface area contributed by atoms with Crippen molar-refractivity contribution in [1.82, 2.24) is 0 Å². The fourth-order valence-corrected chi connectivity index (χ4v) is 11.1. The van der Waals surface area contributed by atoms with Crippen LogP contribution in [0, 0.1) is 0 Å². The summed E-state index contributed by atoms with van der Waals surface area (Å²) < 4.78 is 5.74. The summed E-state index contributed by atoms with van der Waals surface area (Å²) >= 11 is 5.88. The van der Waals surface area contributed by atoms with Crippen molar-refractivity contribution < 1.29 is 0 Å². The Balaban J connectivity index is 1.04. The third kappa shape index (κ3) is 7.69. The van der Waals surface area contributed by atoms with Crippen molar-refractivity contribution in [1.29, 1.82) is 0 Å². The Hall–Kier alpha value is -2.98. The minimum Gasteiger partial charge on any atom is -0.133 e. The van der Waals surface area contributed by atoms with Crippen molar-refractivity contribution in [2.75, 3.05) is 0 Å². The van der Waals surface area contributed by atoms with E-state index in [2.05, 4.69) is 98.8 Å². The first kappa shape index (κ1) is 32.6. The Kier molecular flexibility index (Phi) is 10.7. The van der Waals surface area contributed by atoms with E-state index in [-0.39, 0.29) is 0 Å². The smallest absolute Gasteiger partial charge is 0.0636 e. The van der Waals surface area contributed by atoms with E-state index in [1.54, 1.807) is 0 Å². The molecule has 7 rings (SSSR count). The van der Waals surface area contributed by atoms with Crippen LogP contribution in [-0.2, 0) is 12.8 Å². The molecule has 0 atom stereocenters. The summed E-state index contributed by atoms with van der Waals surface area (Å²) in [6.07, 6.45) is 18.7. The van der Waals surface area contributed by atoms with Crippen LogP contribution in [0.4, 0.5) is 0 Å². The van der Waals surface area contributed by atoms with Gasteiger partial charge in [-0.2, -0.15) is 0 Å². The van der Waals surface area contributed by atoms with Crippen molar-refractivity contribution in [3.05, 3.63) is 96.1 Å². The van der Waals surface area contributed by atoms with Gasteiger partial charge >= 0.3 is 0 Å². The molecule has 0 saturated heterocycles. The van der Waals surface area contributed by atoms with Gasteiger partial charge < -0.3 is 0 Å². The van der Waals surface area contributed by atoms with Crippen LogP contribution in [0.3, 0.4) is 0 Å². The van der Waals surface area contributed by atoms with E-state index in [1.165, 1.54) is 162 Å². The van der Waals surface area contributed by atoms with Crippen LogP contribution < -0.4 is 0 Å². The predicted octanol–water partition coefficient (Wildman–Crippen LogP) is 15.6. The molecule has 0 N–H and O–H groups in total. The number of hydrogen-bond acceptors (Lipinski definition) is 3. The Morgan fingerprint density at radius 2 is 0.787 bits per heavy atom. The summed E-state index contributed by atoms with van der Waals surface area (Å²) in [4.78, 5) is 2.76. The van der Waals surface area contributed by atoms with Gasteiger partial charge in [0.1, 0.15) is 0 Å². The molecule has 0 aliphatic heterocycles. The molecule has 0 fully saturated rings. The molecule has 0 nitrogen and oxygen atoms in total. The number of unbranched alkanes of at least 4 members (excludes halogenated alkanes) is 10. The molecule has 0 amide bonds. The van der Waals surface area contributed by atoms with Gasteiger partial charge in [0.15, 0.2) is 0 Å². The molecule has 3 heterocycles. The second-order valence-electron chi connectivity index (χ2n) is 13.5. The SMILES string of the molecule is CCCCCCCCc1ccc2cc(-c3cc4sc5cc(-c6ccc7cc(CCCCCCCC)ccc7c6)sc5c4s3)ccc2c1. The lowest BCUT2D eigenvalue weighted by Crippen LogP contribution is -1.87. The normalized spacial score (nSPS) is 12.0. The van der Waals surface area contributed by atoms with E-state index in [4.69, 9.17) is 0 Å². The van der Waals surface area contributed by atoms with E-state index in [0.29, 0.717) is 0 Å². The van der Waals surface area contributed by atoms with Crippen LogP contribution in [0.5, 0.6) is 0 Å². The minimum atomic E-state index is 1.20. The number of thiophene rings is 3. The number of hydrogen-bond donors (Lipinski definition) is 0. The molecule has 0 saturated carbocycles. The highest BCUT2D eigenvalue weighted by molar-refractivity contribution is 7.40. The lowest BCUT2D eigenvalue weighted by Gasteiger charge is -2.06. The van der Waals surface area contributed by atoms with E-state index in [0.717, 1.165) is 0 Å². The molecule has 47 heavy (non-hydrogen) atoms. The van der Waals surface area contributed by atoms with Crippen molar-refractivity contribution in [2.24, 2.45) is 0 Å². The van der Waals surface area contributed by atoms with Crippen LogP contribution in [0.15, 0.2) is 84.9 Å². The van der Waals surface area contributed by atoms with Gasteiger partial charge in [-0.15, -0.1) is 34.0 Å². The van der Waals surface area contributed by atoms with Crippen LogP contribution in [-0.4, -0.2) is 0 Å². The van der Waals surface area contributed by atoms with Gasteiger partial charge in [0.25, 0.3) is 0 Å². The molecule has 3 aromatic heterocycles. The van der Waals surface area contributed by atoms with E-state index < -0.39 is 0 Å². The third-order valence-corrected chi connectivity index (χ3v) is 13.7. The van der Waals surface area contributed by atoms with Crippen LogP contribution in [0.25, 0.3) is 61.2 Å². The zero-order valence-electron chi connectivity index (χ0n) is 28.2. The van der Waals surface area contributed by atoms with Gasteiger partial charge in [-0.3, -0.25) is 0 Å². The second kappa shape index (κ2) is 15.5. The first-order chi connectivity index (χ1) is 23.2. The molecule has 0 spiro atoms. The first-order valence-corrected chi connectivity index (χ1v) is 20.7. The molecule has 0 unspecified atom stereocenters. The predicted molar refractivity (Wildman–Crippen MR) is 215 cm³/mol. The molecule has 0 bridgehead atoms. The van der Waals surface area contributed by atoms with Gasteiger partial charge in [-0.05, 0) is 93.7 Å². The maximum atomic E-state index is 2.42. The Morgan fingerprint density at radius 1 is 0.383 bits per heavy atom. The number of rotatable bonds is 16. The Labute approximate surface area is 293 Å². The molecule has 3 heteroatoms. The topological polar surface area (TPSA) is 0 Å². The molecule has 4 aromatic carbocycles. The van der Waals surface area contributed by atoms with Crippen molar-refractivity contribution in [3.8, 4) is 20.9 Å². The van der Waals surface area contributed by atoms with Crippen LogP contribution in [0.1, 0.15) is 102 Å². The Bertz CT molecular complexity index is 1940. The van der Waals surface area contributed by atoms with Crippen molar-refractivity contribution in [2.45, 2.75) is 104 Å². The summed E-state index contributed by atoms with van der Waals surface area (Å²) in [5, 5.41) is 5.43. The number of benzene rings is 4. The Morgan fingerprint density at radius 3 is 1.26 bits per heavy atom. The lowest BCUT2D eigenvalue weighted by atomic mass is 10.00. The zero-order valence-corrected chi connectivity index (χ0v) is 30.7. The highest BCUT2D eigenvalue weighted by atomic mass is 32.1. The number of aryl methyl sites for hydroxylation is 2. The fraction of sp³-hybridized carbons (Fsp3) is 0.364. The van der Waals surface area contributed by atoms with E-state index >= 15 is 0 Å². The summed E-state index contributed by atoms with van der Waals surface area (Å²) in [6, 6.07) is 33.2. The summed E-state index contributed by atoms with van der Waals surface area (Å²) in [7, 11) is 0. The van der Waals surface area contributed by atoms with Gasteiger partial charge in [-0.1, -0.05) is 139 Å². The quantitative estimate of drug-likeness (QED) is 0.0896. The average Bonchev–Trinajstić information content (AvgIpc) is 3.79. The zero-order chi connectivity index (χ0) is 32.0. The van der Waals surface area contributed by atoms with Crippen molar-refractivity contribution >= 4 is 74.4 Å². The van der Waals surface area contributed by atoms with Crippen molar-refractivity contribution in [3.63, 3.8) is 0 Å². The third-order valence-electron chi connectivity index (χ3n) is 9.84. The largest absolute Gasteiger partial charge is 0.133 e. The highest BCUT2D eigenvalue weighted by Crippen LogP contribution is 2.48. The van der Waals surface area contributed by atoms with Gasteiger partial charge in [0, 0.05) is 19.2 Å². The standard InChI is InChI=1S/C44H48S3/c1-3-5-7-9-11-13-15-31-17-19-35-27-37(23-21-33(35)25-31)39-29-41-43(46-39)44-42(45-41)30-40(47-44)38-24-22-34-26-32(18-20-36(34)28-38)16-14-12-10-8-6-4-2/h17-30H,3-16H2,1-2H3. The van der Waals surface area contributed by atoms with Crippen LogP contribution >= 0.6 is 34.0 Å². The summed E-state index contributed by atoms with van der Waals surface area (Å²) in [5.74, 6) is 0. The van der Waals surface area contributed by atoms with E-state index in [9.17, 15) is 0 Å². The molecule has 242 valence electrons. The van der Waals surface area contributed by atoms with E-state index in [1.807, 2.05) is 34.0 Å². The maximum absolute atomic E-state index is 2.42. The molecular weight excluding hydrogens is 625 g/mol. The monoisotopic (exact) mass is 672 g/mol. The molecule has 0 radical (unpaired) electrons. The minimum absolute atomic E-state index is 1.20. The molecule has 0 aliphatic rings. The molecule has 0 aliphatic carbocycles.